The maximum Gasteiger partial charge on any atom is 0.261 e. The Labute approximate surface area is 186 Å². The number of aryl methyl sites for hydroxylation is 1. The van der Waals surface area contributed by atoms with Gasteiger partial charge in [-0.3, -0.25) is 9.36 Å². The fourth-order valence-corrected chi connectivity index (χ4v) is 4.06. The molecule has 0 saturated carbocycles. The monoisotopic (exact) mass is 438 g/mol. The first-order valence-corrected chi connectivity index (χ1v) is 10.8. The number of rotatable bonds is 5. The lowest BCUT2D eigenvalue weighted by atomic mass is 10.2. The van der Waals surface area contributed by atoms with Crippen LogP contribution in [0.3, 0.4) is 0 Å². The molecule has 7 nitrogen and oxygen atoms in total. The number of anilines is 1. The van der Waals surface area contributed by atoms with Crippen molar-refractivity contribution < 1.29 is 9.47 Å². The Hall–Kier alpha value is -3.13. The van der Waals surface area contributed by atoms with Gasteiger partial charge in [0.15, 0.2) is 5.11 Å². The number of aromatic nitrogens is 2. The highest BCUT2D eigenvalue weighted by Crippen LogP contribution is 2.24. The second-order valence-electron chi connectivity index (χ2n) is 7.51. The number of hydrogen-bond donors (Lipinski definition) is 2. The average Bonchev–Trinajstić information content (AvgIpc) is 3.03. The molecule has 0 atom stereocenters. The van der Waals surface area contributed by atoms with E-state index in [9.17, 15) is 4.79 Å². The minimum absolute atomic E-state index is 0.0190. The molecule has 0 radical (unpaired) electrons. The maximum absolute atomic E-state index is 13.0. The molecule has 1 aliphatic heterocycles. The molecule has 1 aromatic heterocycles. The van der Waals surface area contributed by atoms with Crippen molar-refractivity contribution in [2.75, 3.05) is 19.5 Å². The summed E-state index contributed by atoms with van der Waals surface area (Å²) in [5.74, 6) is 2.39. The van der Waals surface area contributed by atoms with E-state index in [1.165, 1.54) is 0 Å². The molecule has 8 heteroatoms. The Kier molecular flexibility index (Phi) is 6.36. The molecule has 1 aliphatic rings. The molecular weight excluding hydrogens is 412 g/mol. The lowest BCUT2D eigenvalue weighted by Gasteiger charge is -2.14. The van der Waals surface area contributed by atoms with Gasteiger partial charge in [0.1, 0.15) is 17.3 Å². The summed E-state index contributed by atoms with van der Waals surface area (Å²) in [6.45, 7) is 1.20. The fourth-order valence-electron chi connectivity index (χ4n) is 3.87. The normalized spacial score (nSPS) is 13.2. The van der Waals surface area contributed by atoms with Gasteiger partial charge in [0, 0.05) is 30.8 Å². The summed E-state index contributed by atoms with van der Waals surface area (Å²) in [7, 11) is 3.26. The summed E-state index contributed by atoms with van der Waals surface area (Å²) in [5, 5.41) is 7.40. The molecule has 2 heterocycles. The van der Waals surface area contributed by atoms with Crippen molar-refractivity contribution in [3.8, 4) is 11.5 Å². The third-order valence-electron chi connectivity index (χ3n) is 5.50. The highest BCUT2D eigenvalue weighted by molar-refractivity contribution is 7.80. The zero-order valence-electron chi connectivity index (χ0n) is 17.7. The first kappa shape index (κ1) is 21.1. The third-order valence-corrected chi connectivity index (χ3v) is 5.75. The Morgan fingerprint density at radius 3 is 2.81 bits per heavy atom. The van der Waals surface area contributed by atoms with Crippen molar-refractivity contribution in [3.63, 3.8) is 0 Å². The Morgan fingerprint density at radius 1 is 1.13 bits per heavy atom. The molecule has 31 heavy (non-hydrogen) atoms. The van der Waals surface area contributed by atoms with Crippen molar-refractivity contribution in [1.29, 1.82) is 0 Å². The molecule has 0 aliphatic carbocycles. The van der Waals surface area contributed by atoms with Crippen LogP contribution in [0, 0.1) is 0 Å². The topological polar surface area (TPSA) is 77.4 Å². The van der Waals surface area contributed by atoms with Crippen LogP contribution in [0.1, 0.15) is 30.7 Å². The smallest absolute Gasteiger partial charge is 0.261 e. The summed E-state index contributed by atoms with van der Waals surface area (Å²) in [5.41, 5.74) is 2.42. The summed E-state index contributed by atoms with van der Waals surface area (Å²) >= 11 is 5.45. The van der Waals surface area contributed by atoms with Gasteiger partial charge in [-0.05, 0) is 61.5 Å². The first-order valence-electron chi connectivity index (χ1n) is 10.4. The molecule has 0 unspecified atom stereocenters. The van der Waals surface area contributed by atoms with Gasteiger partial charge in [0.25, 0.3) is 5.56 Å². The summed E-state index contributed by atoms with van der Waals surface area (Å²) < 4.78 is 12.5. The number of fused-ring (bicyclic) bond motifs is 2. The van der Waals surface area contributed by atoms with Gasteiger partial charge in [-0.2, -0.15) is 0 Å². The Bertz CT molecular complexity index is 1180. The van der Waals surface area contributed by atoms with Gasteiger partial charge >= 0.3 is 0 Å². The molecular formula is C23H26N4O3S. The van der Waals surface area contributed by atoms with Crippen molar-refractivity contribution in [2.45, 2.75) is 38.8 Å². The van der Waals surface area contributed by atoms with Crippen molar-refractivity contribution in [2.24, 2.45) is 0 Å². The summed E-state index contributed by atoms with van der Waals surface area (Å²) in [6.07, 6.45) is 4.08. The van der Waals surface area contributed by atoms with Crippen LogP contribution in [0.4, 0.5) is 5.69 Å². The fraction of sp³-hybridized carbons (Fsp3) is 0.348. The lowest BCUT2D eigenvalue weighted by Crippen LogP contribution is -2.28. The summed E-state index contributed by atoms with van der Waals surface area (Å²) in [4.78, 5) is 17.8. The van der Waals surface area contributed by atoms with E-state index in [2.05, 4.69) is 10.6 Å². The van der Waals surface area contributed by atoms with E-state index in [4.69, 9.17) is 26.7 Å². The van der Waals surface area contributed by atoms with Gasteiger partial charge in [0.2, 0.25) is 0 Å². The van der Waals surface area contributed by atoms with Crippen LogP contribution in [0.2, 0.25) is 0 Å². The average molecular weight is 439 g/mol. The predicted octanol–water partition coefficient (Wildman–Crippen LogP) is 3.63. The van der Waals surface area contributed by atoms with E-state index in [0.29, 0.717) is 17.0 Å². The maximum atomic E-state index is 13.0. The van der Waals surface area contributed by atoms with Gasteiger partial charge in [-0.1, -0.05) is 6.42 Å². The van der Waals surface area contributed by atoms with E-state index in [0.717, 1.165) is 66.3 Å². The highest BCUT2D eigenvalue weighted by atomic mass is 32.1. The number of ether oxygens (including phenoxy) is 2. The van der Waals surface area contributed by atoms with Gasteiger partial charge in [-0.25, -0.2) is 4.98 Å². The molecule has 3 aromatic rings. The molecule has 162 valence electrons. The molecule has 0 fully saturated rings. The van der Waals surface area contributed by atoms with E-state index in [-0.39, 0.29) is 5.56 Å². The van der Waals surface area contributed by atoms with Crippen LogP contribution < -0.4 is 25.7 Å². The van der Waals surface area contributed by atoms with E-state index in [1.54, 1.807) is 14.2 Å². The second-order valence-corrected chi connectivity index (χ2v) is 7.92. The molecule has 0 spiro atoms. The Balaban J connectivity index is 1.50. The molecule has 0 amide bonds. The SMILES string of the molecule is COc1ccc(OC)c(CNC(=S)Nc2ccc3nc4n(c(=O)c3c2)CCCCC4)c1. The van der Waals surface area contributed by atoms with Crippen molar-refractivity contribution >= 4 is 33.9 Å². The standard InChI is InChI=1S/C23H26N4O3S/c1-29-17-8-10-20(30-2)15(12-17)14-24-23(31)25-16-7-9-19-18(13-16)22(28)27-11-5-3-4-6-21(27)26-19/h7-10,12-13H,3-6,11,14H2,1-2H3,(H2,24,25,31). The molecule has 4 rings (SSSR count). The lowest BCUT2D eigenvalue weighted by molar-refractivity contribution is 0.398. The molecule has 2 N–H and O–H groups in total. The number of hydrogen-bond acceptors (Lipinski definition) is 5. The van der Waals surface area contributed by atoms with Crippen LogP contribution in [-0.4, -0.2) is 28.9 Å². The minimum Gasteiger partial charge on any atom is -0.497 e. The zero-order chi connectivity index (χ0) is 21.8. The number of benzene rings is 2. The van der Waals surface area contributed by atoms with Crippen LogP contribution in [0.25, 0.3) is 10.9 Å². The number of nitrogens with one attached hydrogen (secondary N) is 2. The van der Waals surface area contributed by atoms with Crippen LogP contribution in [0.15, 0.2) is 41.2 Å². The second kappa shape index (κ2) is 9.34. The minimum atomic E-state index is 0.0190. The van der Waals surface area contributed by atoms with Crippen molar-refractivity contribution in [1.82, 2.24) is 14.9 Å². The summed E-state index contributed by atoms with van der Waals surface area (Å²) in [6, 6.07) is 11.2. The quantitative estimate of drug-likeness (QED) is 0.589. The van der Waals surface area contributed by atoms with Gasteiger partial charge in [-0.15, -0.1) is 0 Å². The van der Waals surface area contributed by atoms with E-state index < -0.39 is 0 Å². The van der Waals surface area contributed by atoms with Crippen LogP contribution >= 0.6 is 12.2 Å². The predicted molar refractivity (Wildman–Crippen MR) is 126 cm³/mol. The molecule has 2 aromatic carbocycles. The molecule has 0 bridgehead atoms. The number of nitrogens with zero attached hydrogens (tertiary/aromatic N) is 2. The van der Waals surface area contributed by atoms with Crippen LogP contribution in [-0.2, 0) is 19.5 Å². The van der Waals surface area contributed by atoms with E-state index >= 15 is 0 Å². The Morgan fingerprint density at radius 2 is 2.00 bits per heavy atom. The number of methoxy groups -OCH3 is 2. The number of thiocarbonyl (C=S) groups is 1. The van der Waals surface area contributed by atoms with Crippen molar-refractivity contribution in [3.05, 3.63) is 58.1 Å². The van der Waals surface area contributed by atoms with Gasteiger partial charge in [0.05, 0.1) is 25.1 Å². The zero-order valence-corrected chi connectivity index (χ0v) is 18.6. The highest BCUT2D eigenvalue weighted by Gasteiger charge is 2.14. The largest absolute Gasteiger partial charge is 0.497 e. The molecule has 0 saturated heterocycles. The van der Waals surface area contributed by atoms with Gasteiger partial charge < -0.3 is 20.1 Å². The third kappa shape index (κ3) is 4.64. The first-order chi connectivity index (χ1) is 15.1. The van der Waals surface area contributed by atoms with Crippen LogP contribution in [0.5, 0.6) is 11.5 Å². The van der Waals surface area contributed by atoms with E-state index in [1.807, 2.05) is 41.0 Å².